The Balaban J connectivity index is 1.38. The van der Waals surface area contributed by atoms with E-state index in [1.165, 1.54) is 6.33 Å². The maximum Gasteiger partial charge on any atom is 0.255 e. The highest BCUT2D eigenvalue weighted by Gasteiger charge is 2.28. The van der Waals surface area contributed by atoms with Crippen molar-refractivity contribution in [2.45, 2.75) is 50.6 Å². The first-order chi connectivity index (χ1) is 17.1. The van der Waals surface area contributed by atoms with Crippen molar-refractivity contribution in [2.75, 3.05) is 25.6 Å². The molecule has 2 aliphatic rings. The number of ether oxygens (including phenoxy) is 1. The molecule has 0 atom stereocenters. The number of carbonyl (C=O) groups excluding carboxylic acids is 2. The third-order valence-corrected chi connectivity index (χ3v) is 6.99. The van der Waals surface area contributed by atoms with Gasteiger partial charge in [-0.2, -0.15) is 0 Å². The summed E-state index contributed by atoms with van der Waals surface area (Å²) in [7, 11) is 1.67. The highest BCUT2D eigenvalue weighted by Crippen LogP contribution is 2.27. The van der Waals surface area contributed by atoms with E-state index in [1.807, 2.05) is 22.9 Å². The van der Waals surface area contributed by atoms with Crippen molar-refractivity contribution in [3.8, 4) is 5.82 Å². The number of carbonyl (C=O) groups is 2. The molecule has 3 N–H and O–H groups in total. The van der Waals surface area contributed by atoms with Gasteiger partial charge in [-0.15, -0.1) is 0 Å². The summed E-state index contributed by atoms with van der Waals surface area (Å²) in [4.78, 5) is 38.3. The van der Waals surface area contributed by atoms with E-state index in [1.54, 1.807) is 19.4 Å². The monoisotopic (exact) mass is 477 g/mol. The van der Waals surface area contributed by atoms with Crippen LogP contribution in [0, 0.1) is 5.92 Å². The second kappa shape index (κ2) is 10.4. The smallest absolute Gasteiger partial charge is 0.255 e. The first-order valence-electron chi connectivity index (χ1n) is 12.3. The van der Waals surface area contributed by atoms with Crippen LogP contribution in [0.25, 0.3) is 16.9 Å². The molecule has 1 saturated heterocycles. The standard InChI is InChI=1S/C25H31N7O3/c1-26-24(33)16-2-4-18(5-3-16)31-25(34)20-14-28-22(12-21(20)30-19-7-10-35-11-8-19)32-9-6-17-13-27-15-29-23(17)32/h6,9,12-16,18-19H,2-5,7-8,10-11H2,1H3,(H,26,33)(H,28,30)(H,31,34). The van der Waals surface area contributed by atoms with Gasteiger partial charge in [-0.1, -0.05) is 0 Å². The summed E-state index contributed by atoms with van der Waals surface area (Å²) in [6, 6.07) is 4.12. The molecule has 0 bridgehead atoms. The predicted molar refractivity (Wildman–Crippen MR) is 131 cm³/mol. The highest BCUT2D eigenvalue weighted by atomic mass is 16.5. The van der Waals surface area contributed by atoms with Crippen LogP contribution in [0.5, 0.6) is 0 Å². The summed E-state index contributed by atoms with van der Waals surface area (Å²) in [5.74, 6) is 0.637. The predicted octanol–water partition coefficient (Wildman–Crippen LogP) is 2.44. The van der Waals surface area contributed by atoms with Crippen LogP contribution in [0.15, 0.2) is 37.1 Å². The molecule has 3 aromatic heterocycles. The molecule has 1 aliphatic heterocycles. The summed E-state index contributed by atoms with van der Waals surface area (Å²) >= 11 is 0. The zero-order valence-electron chi connectivity index (χ0n) is 19.9. The van der Waals surface area contributed by atoms with Gasteiger partial charge in [0.05, 0.1) is 11.3 Å². The van der Waals surface area contributed by atoms with Gasteiger partial charge < -0.3 is 20.7 Å². The Morgan fingerprint density at radius 1 is 1.03 bits per heavy atom. The fourth-order valence-electron chi connectivity index (χ4n) is 4.97. The molecule has 0 unspecified atom stereocenters. The summed E-state index contributed by atoms with van der Waals surface area (Å²) in [6.07, 6.45) is 11.7. The lowest BCUT2D eigenvalue weighted by Gasteiger charge is -2.29. The Hall–Kier alpha value is -3.53. The van der Waals surface area contributed by atoms with Gasteiger partial charge in [-0.05, 0) is 44.6 Å². The molecule has 1 saturated carbocycles. The van der Waals surface area contributed by atoms with Gasteiger partial charge in [0, 0.05) is 68.3 Å². The molecule has 184 valence electrons. The van der Waals surface area contributed by atoms with Crippen molar-refractivity contribution in [1.82, 2.24) is 30.2 Å². The van der Waals surface area contributed by atoms with E-state index in [0.29, 0.717) is 24.6 Å². The van der Waals surface area contributed by atoms with Crippen molar-refractivity contribution < 1.29 is 14.3 Å². The fourth-order valence-corrected chi connectivity index (χ4v) is 4.97. The van der Waals surface area contributed by atoms with Crippen molar-refractivity contribution in [1.29, 1.82) is 0 Å². The Labute approximate surface area is 203 Å². The topological polar surface area (TPSA) is 123 Å². The average Bonchev–Trinajstić information content (AvgIpc) is 3.33. The molecule has 10 nitrogen and oxygen atoms in total. The number of nitrogens with one attached hydrogen (secondary N) is 3. The van der Waals surface area contributed by atoms with Crippen LogP contribution < -0.4 is 16.0 Å². The van der Waals surface area contributed by atoms with Crippen LogP contribution in [0.4, 0.5) is 5.69 Å². The van der Waals surface area contributed by atoms with E-state index in [0.717, 1.165) is 55.2 Å². The van der Waals surface area contributed by atoms with Gasteiger partial charge in [-0.3, -0.25) is 14.2 Å². The quantitative estimate of drug-likeness (QED) is 0.498. The van der Waals surface area contributed by atoms with Crippen molar-refractivity contribution in [2.24, 2.45) is 5.92 Å². The molecule has 35 heavy (non-hydrogen) atoms. The summed E-state index contributed by atoms with van der Waals surface area (Å²) in [5.41, 5.74) is 2.02. The second-order valence-corrected chi connectivity index (χ2v) is 9.24. The SMILES string of the molecule is CNC(=O)C1CCC(NC(=O)c2cnc(-n3ccc4cncnc43)cc2NC2CCOCC2)CC1. The molecule has 3 aromatic rings. The second-order valence-electron chi connectivity index (χ2n) is 9.24. The fraction of sp³-hybridized carbons (Fsp3) is 0.480. The molecule has 2 fully saturated rings. The summed E-state index contributed by atoms with van der Waals surface area (Å²) in [5, 5.41) is 10.4. The van der Waals surface area contributed by atoms with Gasteiger partial charge in [0.1, 0.15) is 17.8 Å². The van der Waals surface area contributed by atoms with Crippen LogP contribution in [0.3, 0.4) is 0 Å². The number of amides is 2. The van der Waals surface area contributed by atoms with E-state index in [2.05, 4.69) is 30.9 Å². The lowest BCUT2D eigenvalue weighted by Crippen LogP contribution is -2.40. The van der Waals surface area contributed by atoms with Crippen molar-refractivity contribution in [3.63, 3.8) is 0 Å². The van der Waals surface area contributed by atoms with E-state index >= 15 is 0 Å². The van der Waals surface area contributed by atoms with Gasteiger partial charge in [-0.25, -0.2) is 15.0 Å². The van der Waals surface area contributed by atoms with Gasteiger partial charge in [0.15, 0.2) is 0 Å². The zero-order chi connectivity index (χ0) is 24.2. The number of hydrogen-bond acceptors (Lipinski definition) is 7. The van der Waals surface area contributed by atoms with Crippen LogP contribution in [-0.2, 0) is 9.53 Å². The van der Waals surface area contributed by atoms with E-state index < -0.39 is 0 Å². The number of anilines is 1. The number of nitrogens with zero attached hydrogens (tertiary/aromatic N) is 4. The lowest BCUT2D eigenvalue weighted by molar-refractivity contribution is -0.125. The van der Waals surface area contributed by atoms with Crippen LogP contribution in [-0.4, -0.2) is 63.7 Å². The third-order valence-electron chi connectivity index (χ3n) is 6.99. The third kappa shape index (κ3) is 5.12. The minimum atomic E-state index is -0.151. The maximum atomic E-state index is 13.3. The molecular weight excluding hydrogens is 446 g/mol. The molecule has 0 aromatic carbocycles. The molecular formula is C25H31N7O3. The van der Waals surface area contributed by atoms with Crippen molar-refractivity contribution in [3.05, 3.63) is 42.6 Å². The number of rotatable bonds is 6. The molecule has 2 amide bonds. The number of aromatic nitrogens is 4. The Morgan fingerprint density at radius 3 is 2.60 bits per heavy atom. The number of hydrogen-bond donors (Lipinski definition) is 3. The molecule has 0 spiro atoms. The van der Waals surface area contributed by atoms with Crippen LogP contribution in [0.2, 0.25) is 0 Å². The van der Waals surface area contributed by atoms with E-state index in [-0.39, 0.29) is 29.8 Å². The largest absolute Gasteiger partial charge is 0.381 e. The van der Waals surface area contributed by atoms with E-state index in [9.17, 15) is 9.59 Å². The zero-order valence-corrected chi connectivity index (χ0v) is 19.9. The molecule has 1 aliphatic carbocycles. The normalized spacial score (nSPS) is 20.9. The van der Waals surface area contributed by atoms with Crippen LogP contribution in [0.1, 0.15) is 48.9 Å². The van der Waals surface area contributed by atoms with Crippen molar-refractivity contribution >= 4 is 28.5 Å². The van der Waals surface area contributed by atoms with Gasteiger partial charge >= 0.3 is 0 Å². The minimum absolute atomic E-state index is 0.0278. The Bertz CT molecular complexity index is 1200. The van der Waals surface area contributed by atoms with Crippen LogP contribution >= 0.6 is 0 Å². The Kier molecular flexibility index (Phi) is 6.89. The molecule has 10 heteroatoms. The maximum absolute atomic E-state index is 13.3. The number of fused-ring (bicyclic) bond motifs is 1. The van der Waals surface area contributed by atoms with E-state index in [4.69, 9.17) is 4.74 Å². The van der Waals surface area contributed by atoms with Gasteiger partial charge in [0.25, 0.3) is 5.91 Å². The average molecular weight is 478 g/mol. The van der Waals surface area contributed by atoms with Gasteiger partial charge in [0.2, 0.25) is 5.91 Å². The molecule has 4 heterocycles. The first-order valence-corrected chi connectivity index (χ1v) is 12.3. The summed E-state index contributed by atoms with van der Waals surface area (Å²) < 4.78 is 7.40. The molecule has 5 rings (SSSR count). The summed E-state index contributed by atoms with van der Waals surface area (Å²) in [6.45, 7) is 1.40. The number of pyridine rings is 1. The minimum Gasteiger partial charge on any atom is -0.381 e. The highest BCUT2D eigenvalue weighted by molar-refractivity contribution is 6.00. The molecule has 0 radical (unpaired) electrons. The first kappa shape index (κ1) is 23.2. The lowest BCUT2D eigenvalue weighted by atomic mass is 9.85. The Morgan fingerprint density at radius 2 is 1.83 bits per heavy atom.